The van der Waals surface area contributed by atoms with Gasteiger partial charge in [0.05, 0.1) is 18.1 Å². The van der Waals surface area contributed by atoms with E-state index in [0.717, 1.165) is 5.56 Å². The van der Waals surface area contributed by atoms with Gasteiger partial charge in [-0.3, -0.25) is 4.57 Å². The summed E-state index contributed by atoms with van der Waals surface area (Å²) in [6.07, 6.45) is -4.76. The number of methoxy groups -OCH3 is 1. The Morgan fingerprint density at radius 3 is 2.00 bits per heavy atom. The molecule has 0 saturated heterocycles. The highest BCUT2D eigenvalue weighted by molar-refractivity contribution is 5.86. The van der Waals surface area contributed by atoms with Gasteiger partial charge in [0.15, 0.2) is 11.3 Å². The fraction of sp³-hybridized carbons (Fsp3) is 0.0870. The first-order chi connectivity index (χ1) is 15.4. The predicted molar refractivity (Wildman–Crippen MR) is 113 cm³/mol. The molecule has 9 heteroatoms. The first-order valence-electron chi connectivity index (χ1n) is 9.57. The molecule has 2 aromatic heterocycles. The van der Waals surface area contributed by atoms with E-state index in [1.807, 2.05) is 36.4 Å². The number of alkyl halides is 3. The van der Waals surface area contributed by atoms with Crippen molar-refractivity contribution in [3.05, 3.63) is 72.8 Å². The van der Waals surface area contributed by atoms with Crippen molar-refractivity contribution in [3.63, 3.8) is 0 Å². The topological polar surface area (TPSA) is 62.1 Å². The number of para-hydroxylation sites is 2. The summed E-state index contributed by atoms with van der Waals surface area (Å²) in [6.45, 7) is 0. The van der Waals surface area contributed by atoms with Crippen LogP contribution in [-0.2, 0) is 0 Å². The Balaban J connectivity index is 1.71. The van der Waals surface area contributed by atoms with E-state index in [1.54, 1.807) is 23.8 Å². The smallest absolute Gasteiger partial charge is 0.497 e. The second-order valence-corrected chi connectivity index (χ2v) is 6.90. The zero-order valence-corrected chi connectivity index (χ0v) is 16.7. The molecule has 2 heterocycles. The van der Waals surface area contributed by atoms with Crippen molar-refractivity contribution >= 4 is 22.3 Å². The minimum absolute atomic E-state index is 0.312. The number of ether oxygens (including phenoxy) is 2. The fourth-order valence-corrected chi connectivity index (χ4v) is 3.43. The fourth-order valence-electron chi connectivity index (χ4n) is 3.43. The zero-order valence-electron chi connectivity index (χ0n) is 16.7. The Kier molecular flexibility index (Phi) is 4.66. The number of nitrogens with zero attached hydrogens (tertiary/aromatic N) is 4. The van der Waals surface area contributed by atoms with Crippen LogP contribution in [0.15, 0.2) is 72.8 Å². The highest BCUT2D eigenvalue weighted by Crippen LogP contribution is 2.31. The van der Waals surface area contributed by atoms with Crippen molar-refractivity contribution in [2.45, 2.75) is 6.36 Å². The van der Waals surface area contributed by atoms with E-state index in [-0.39, 0.29) is 5.75 Å². The molecule has 0 N–H and O–H groups in total. The van der Waals surface area contributed by atoms with E-state index in [0.29, 0.717) is 39.6 Å². The van der Waals surface area contributed by atoms with Crippen molar-refractivity contribution < 1.29 is 22.6 Å². The summed E-state index contributed by atoms with van der Waals surface area (Å²) in [7, 11) is 1.58. The Morgan fingerprint density at radius 1 is 0.750 bits per heavy atom. The van der Waals surface area contributed by atoms with Crippen molar-refractivity contribution in [1.29, 1.82) is 0 Å². The summed E-state index contributed by atoms with van der Waals surface area (Å²) in [5, 5.41) is 0. The van der Waals surface area contributed by atoms with Crippen LogP contribution in [0.5, 0.6) is 11.5 Å². The van der Waals surface area contributed by atoms with Gasteiger partial charge in [0.2, 0.25) is 0 Å². The summed E-state index contributed by atoms with van der Waals surface area (Å²) in [6, 6.07) is 20.2. The van der Waals surface area contributed by atoms with Gasteiger partial charge in [0, 0.05) is 11.3 Å². The predicted octanol–water partition coefficient (Wildman–Crippen LogP) is 5.54. The van der Waals surface area contributed by atoms with Gasteiger partial charge in [-0.05, 0) is 60.7 Å². The van der Waals surface area contributed by atoms with Crippen molar-refractivity contribution in [1.82, 2.24) is 19.5 Å². The van der Waals surface area contributed by atoms with Crippen LogP contribution in [0.3, 0.4) is 0 Å². The van der Waals surface area contributed by atoms with E-state index in [2.05, 4.69) is 14.7 Å². The van der Waals surface area contributed by atoms with Crippen molar-refractivity contribution in [3.8, 4) is 28.6 Å². The standard InChI is InChI=1S/C23H15F3N4O2/c1-31-16-10-6-14(7-11-16)21-29-20-22(28-19-5-3-2-4-18(19)27-20)30(21)15-8-12-17(13-9-15)32-23(24,25)26/h2-13H,1H3. The number of benzene rings is 3. The number of hydrogen-bond donors (Lipinski definition) is 0. The van der Waals surface area contributed by atoms with Crippen LogP contribution in [-0.4, -0.2) is 33.0 Å². The lowest BCUT2D eigenvalue weighted by Gasteiger charge is -2.12. The maximum absolute atomic E-state index is 12.6. The zero-order chi connectivity index (χ0) is 22.3. The highest BCUT2D eigenvalue weighted by atomic mass is 19.4. The summed E-state index contributed by atoms with van der Waals surface area (Å²) in [4.78, 5) is 14.0. The number of fused-ring (bicyclic) bond motifs is 2. The monoisotopic (exact) mass is 436 g/mol. The average Bonchev–Trinajstić information content (AvgIpc) is 3.15. The SMILES string of the molecule is COc1ccc(-c2nc3nc4ccccc4nc3n2-c2ccc(OC(F)(F)F)cc2)cc1. The molecule has 0 atom stereocenters. The molecule has 5 aromatic rings. The molecule has 0 aliphatic heterocycles. The second kappa shape index (κ2) is 7.52. The minimum atomic E-state index is -4.76. The third-order valence-electron chi connectivity index (χ3n) is 4.85. The maximum Gasteiger partial charge on any atom is 0.573 e. The van der Waals surface area contributed by atoms with Gasteiger partial charge < -0.3 is 9.47 Å². The van der Waals surface area contributed by atoms with Crippen LogP contribution in [0, 0.1) is 0 Å². The quantitative estimate of drug-likeness (QED) is 0.370. The van der Waals surface area contributed by atoms with Gasteiger partial charge in [-0.25, -0.2) is 15.0 Å². The third kappa shape index (κ3) is 3.68. The molecule has 0 fully saturated rings. The van der Waals surface area contributed by atoms with Gasteiger partial charge in [-0.2, -0.15) is 0 Å². The lowest BCUT2D eigenvalue weighted by atomic mass is 10.2. The molecule has 0 bridgehead atoms. The van der Waals surface area contributed by atoms with E-state index >= 15 is 0 Å². The molecule has 0 saturated carbocycles. The lowest BCUT2D eigenvalue weighted by Crippen LogP contribution is -2.17. The normalized spacial score (nSPS) is 11.8. The largest absolute Gasteiger partial charge is 0.573 e. The van der Waals surface area contributed by atoms with Crippen LogP contribution in [0.25, 0.3) is 39.4 Å². The molecule has 0 aliphatic carbocycles. The molecule has 0 amide bonds. The highest BCUT2D eigenvalue weighted by Gasteiger charge is 2.31. The lowest BCUT2D eigenvalue weighted by molar-refractivity contribution is -0.274. The number of aromatic nitrogens is 4. The van der Waals surface area contributed by atoms with E-state index in [9.17, 15) is 13.2 Å². The number of imidazole rings is 1. The molecule has 3 aromatic carbocycles. The summed E-state index contributed by atoms with van der Waals surface area (Å²) in [5.41, 5.74) is 3.62. The first kappa shape index (κ1) is 19.8. The number of hydrogen-bond acceptors (Lipinski definition) is 5. The molecule has 0 spiro atoms. The molecule has 6 nitrogen and oxygen atoms in total. The molecule has 0 aliphatic rings. The van der Waals surface area contributed by atoms with E-state index in [1.165, 1.54) is 24.3 Å². The molecule has 160 valence electrons. The Morgan fingerprint density at radius 2 is 1.38 bits per heavy atom. The van der Waals surface area contributed by atoms with E-state index in [4.69, 9.17) is 9.72 Å². The second-order valence-electron chi connectivity index (χ2n) is 6.90. The summed E-state index contributed by atoms with van der Waals surface area (Å²) >= 11 is 0. The minimum Gasteiger partial charge on any atom is -0.497 e. The first-order valence-corrected chi connectivity index (χ1v) is 9.57. The van der Waals surface area contributed by atoms with Gasteiger partial charge in [0.25, 0.3) is 0 Å². The van der Waals surface area contributed by atoms with Gasteiger partial charge in [-0.1, -0.05) is 12.1 Å². The van der Waals surface area contributed by atoms with Crippen LogP contribution in [0.4, 0.5) is 13.2 Å². The summed E-state index contributed by atoms with van der Waals surface area (Å²) < 4.78 is 48.6. The van der Waals surface area contributed by atoms with Gasteiger partial charge in [-0.15, -0.1) is 13.2 Å². The maximum atomic E-state index is 12.6. The van der Waals surface area contributed by atoms with Gasteiger partial charge >= 0.3 is 6.36 Å². The Labute approximate surface area is 179 Å². The van der Waals surface area contributed by atoms with Crippen LogP contribution < -0.4 is 9.47 Å². The molecular formula is C23H15F3N4O2. The van der Waals surface area contributed by atoms with Crippen LogP contribution in [0.1, 0.15) is 0 Å². The average molecular weight is 436 g/mol. The van der Waals surface area contributed by atoms with Gasteiger partial charge in [0.1, 0.15) is 17.3 Å². The summed E-state index contributed by atoms with van der Waals surface area (Å²) in [5.74, 6) is 0.919. The third-order valence-corrected chi connectivity index (χ3v) is 4.85. The van der Waals surface area contributed by atoms with Crippen molar-refractivity contribution in [2.75, 3.05) is 7.11 Å². The molecule has 0 unspecified atom stereocenters. The molecule has 0 radical (unpaired) electrons. The Bertz CT molecular complexity index is 1410. The van der Waals surface area contributed by atoms with Crippen LogP contribution in [0.2, 0.25) is 0 Å². The van der Waals surface area contributed by atoms with E-state index < -0.39 is 6.36 Å². The Hall–Kier alpha value is -4.14. The van der Waals surface area contributed by atoms with Crippen LogP contribution >= 0.6 is 0 Å². The molecule has 5 rings (SSSR count). The molecular weight excluding hydrogens is 421 g/mol. The molecule has 32 heavy (non-hydrogen) atoms. The van der Waals surface area contributed by atoms with Crippen molar-refractivity contribution in [2.24, 2.45) is 0 Å². The number of halogens is 3. The number of rotatable bonds is 4.